The highest BCUT2D eigenvalue weighted by molar-refractivity contribution is 8.01. The first-order valence-electron chi connectivity index (χ1n) is 5.72. The maximum atomic E-state index is 9.18. The third kappa shape index (κ3) is 10.1. The number of hydrogen-bond donors (Lipinski definition) is 0. The lowest BCUT2D eigenvalue weighted by Crippen LogP contribution is -2.12. The topological polar surface area (TPSA) is 26.3 Å². The van der Waals surface area contributed by atoms with Crippen molar-refractivity contribution in [1.29, 1.82) is 0 Å². The van der Waals surface area contributed by atoms with Gasteiger partial charge in [-0.3, -0.25) is 4.79 Å². The second-order valence-electron chi connectivity index (χ2n) is 4.69. The van der Waals surface area contributed by atoms with Gasteiger partial charge in [-0.1, -0.05) is 33.6 Å². The average molecular weight is 232 g/mol. The second kappa shape index (κ2) is 8.03. The van der Waals surface area contributed by atoms with Gasteiger partial charge in [0.25, 0.3) is 6.47 Å². The van der Waals surface area contributed by atoms with Crippen molar-refractivity contribution < 1.29 is 9.53 Å². The van der Waals surface area contributed by atoms with Crippen molar-refractivity contribution in [3.63, 3.8) is 0 Å². The fourth-order valence-electron chi connectivity index (χ4n) is 1.57. The number of thioether (sulfide) groups is 1. The van der Waals surface area contributed by atoms with Crippen molar-refractivity contribution in [3.05, 3.63) is 0 Å². The Kier molecular flexibility index (Phi) is 7.93. The third-order valence-electron chi connectivity index (χ3n) is 2.06. The van der Waals surface area contributed by atoms with Crippen LogP contribution in [-0.2, 0) is 9.53 Å². The molecule has 1 aliphatic rings. The second-order valence-corrected chi connectivity index (χ2v) is 6.82. The Morgan fingerprint density at radius 3 is 2.13 bits per heavy atom. The molecule has 90 valence electrons. The molecule has 0 bridgehead atoms. The Morgan fingerprint density at radius 2 is 1.87 bits per heavy atom. The van der Waals surface area contributed by atoms with Crippen molar-refractivity contribution >= 4 is 18.2 Å². The molecular weight excluding hydrogens is 208 g/mol. The van der Waals surface area contributed by atoms with Crippen LogP contribution in [-0.4, -0.2) is 23.1 Å². The minimum atomic E-state index is 0.431. The maximum absolute atomic E-state index is 9.18. The van der Waals surface area contributed by atoms with E-state index in [-0.39, 0.29) is 0 Å². The first-order chi connectivity index (χ1) is 6.99. The van der Waals surface area contributed by atoms with E-state index in [0.717, 1.165) is 5.25 Å². The molecule has 1 aliphatic carbocycles. The average Bonchev–Trinajstić information content (AvgIpc) is 2.56. The van der Waals surface area contributed by atoms with Gasteiger partial charge < -0.3 is 4.74 Å². The summed E-state index contributed by atoms with van der Waals surface area (Å²) in [7, 11) is 0. The molecule has 2 nitrogen and oxygen atoms in total. The van der Waals surface area contributed by atoms with Crippen LogP contribution in [0.4, 0.5) is 0 Å². The van der Waals surface area contributed by atoms with Crippen LogP contribution in [0.15, 0.2) is 0 Å². The summed E-state index contributed by atoms with van der Waals surface area (Å²) in [5.74, 6) is 0. The molecule has 0 spiro atoms. The van der Waals surface area contributed by atoms with Crippen molar-refractivity contribution in [2.45, 2.75) is 63.4 Å². The van der Waals surface area contributed by atoms with E-state index in [9.17, 15) is 4.79 Å². The monoisotopic (exact) mass is 232 g/mol. The summed E-state index contributed by atoms with van der Waals surface area (Å²) in [4.78, 5) is 9.18. The van der Waals surface area contributed by atoms with Crippen LogP contribution in [0.5, 0.6) is 0 Å². The molecule has 0 unspecified atom stereocenters. The van der Waals surface area contributed by atoms with Gasteiger partial charge in [0.15, 0.2) is 0 Å². The first-order valence-corrected chi connectivity index (χ1v) is 6.60. The number of hydrogen-bond acceptors (Lipinski definition) is 3. The Balaban J connectivity index is 0.000000336. The predicted molar refractivity (Wildman–Crippen MR) is 67.3 cm³/mol. The fraction of sp³-hybridized carbons (Fsp3) is 0.917. The largest absolute Gasteiger partial charge is 0.468 e. The minimum absolute atomic E-state index is 0.431. The van der Waals surface area contributed by atoms with Crippen molar-refractivity contribution in [3.8, 4) is 0 Å². The van der Waals surface area contributed by atoms with Gasteiger partial charge in [-0.25, -0.2) is 0 Å². The van der Waals surface area contributed by atoms with Gasteiger partial charge in [-0.2, -0.15) is 11.8 Å². The van der Waals surface area contributed by atoms with E-state index in [1.807, 2.05) is 0 Å². The van der Waals surface area contributed by atoms with Gasteiger partial charge in [0.2, 0.25) is 0 Å². The molecule has 1 fully saturated rings. The van der Waals surface area contributed by atoms with Gasteiger partial charge in [-0.15, -0.1) is 0 Å². The number of carbonyl (C=O) groups is 1. The molecule has 3 heteroatoms. The molecule has 0 atom stereocenters. The number of carbonyl (C=O) groups excluding carboxylic acids is 1. The normalized spacial score (nSPS) is 16.8. The SMILES string of the molecule is CC(C)(C)SC1CCCC1.CCOC=O. The zero-order chi connectivity index (χ0) is 11.7. The molecule has 15 heavy (non-hydrogen) atoms. The van der Waals surface area contributed by atoms with Crippen molar-refractivity contribution in [1.82, 2.24) is 0 Å². The zero-order valence-corrected chi connectivity index (χ0v) is 11.2. The van der Waals surface area contributed by atoms with Gasteiger partial charge in [-0.05, 0) is 19.8 Å². The van der Waals surface area contributed by atoms with E-state index in [4.69, 9.17) is 0 Å². The molecule has 1 rings (SSSR count). The highest BCUT2D eigenvalue weighted by atomic mass is 32.2. The van der Waals surface area contributed by atoms with Crippen LogP contribution in [0, 0.1) is 0 Å². The maximum Gasteiger partial charge on any atom is 0.293 e. The summed E-state index contributed by atoms with van der Waals surface area (Å²) < 4.78 is 4.63. The number of ether oxygens (including phenoxy) is 1. The molecule has 0 aliphatic heterocycles. The van der Waals surface area contributed by atoms with Gasteiger partial charge >= 0.3 is 0 Å². The van der Waals surface area contributed by atoms with Crippen LogP contribution in [0.3, 0.4) is 0 Å². The van der Waals surface area contributed by atoms with E-state index >= 15 is 0 Å². The Bertz CT molecular complexity index is 157. The number of rotatable bonds is 3. The van der Waals surface area contributed by atoms with Crippen LogP contribution in [0.2, 0.25) is 0 Å². The highest BCUT2D eigenvalue weighted by Gasteiger charge is 2.21. The molecule has 0 saturated heterocycles. The summed E-state index contributed by atoms with van der Waals surface area (Å²) in [5.41, 5.74) is 0. The van der Waals surface area contributed by atoms with Crippen LogP contribution in [0.1, 0.15) is 53.4 Å². The lowest BCUT2D eigenvalue weighted by Gasteiger charge is -2.22. The Labute approximate surface area is 98.2 Å². The van der Waals surface area contributed by atoms with Crippen LogP contribution < -0.4 is 0 Å². The van der Waals surface area contributed by atoms with E-state index < -0.39 is 0 Å². The summed E-state index contributed by atoms with van der Waals surface area (Å²) in [6, 6.07) is 0. The molecule has 0 aromatic rings. The standard InChI is InChI=1S/C9H18S.C3H6O2/c1-9(2,3)10-8-6-4-5-7-8;1-2-5-3-4/h8H,4-7H2,1-3H3;3H,2H2,1H3. The fourth-order valence-corrected chi connectivity index (χ4v) is 3.14. The molecule has 0 heterocycles. The lowest BCUT2D eigenvalue weighted by molar-refractivity contribution is -0.128. The Hall–Kier alpha value is -0.180. The smallest absolute Gasteiger partial charge is 0.293 e. The molecule has 0 aromatic heterocycles. The first kappa shape index (κ1) is 14.8. The minimum Gasteiger partial charge on any atom is -0.468 e. The summed E-state index contributed by atoms with van der Waals surface area (Å²) in [6.45, 7) is 9.61. The molecule has 0 radical (unpaired) electrons. The quantitative estimate of drug-likeness (QED) is 0.695. The van der Waals surface area contributed by atoms with Crippen LogP contribution in [0.25, 0.3) is 0 Å². The summed E-state index contributed by atoms with van der Waals surface area (Å²) >= 11 is 2.16. The van der Waals surface area contributed by atoms with Gasteiger partial charge in [0.1, 0.15) is 0 Å². The lowest BCUT2D eigenvalue weighted by atomic mass is 10.3. The molecule has 0 N–H and O–H groups in total. The zero-order valence-electron chi connectivity index (χ0n) is 10.4. The molecule has 0 amide bonds. The molecule has 0 aromatic carbocycles. The van der Waals surface area contributed by atoms with E-state index in [1.54, 1.807) is 6.92 Å². The van der Waals surface area contributed by atoms with Gasteiger partial charge in [0, 0.05) is 10.00 Å². The Morgan fingerprint density at radius 1 is 1.33 bits per heavy atom. The van der Waals surface area contributed by atoms with E-state index in [1.165, 1.54) is 25.7 Å². The third-order valence-corrected chi connectivity index (χ3v) is 3.57. The molecular formula is C12H24O2S. The summed E-state index contributed by atoms with van der Waals surface area (Å²) in [5, 5.41) is 0.972. The van der Waals surface area contributed by atoms with E-state index in [0.29, 0.717) is 17.8 Å². The van der Waals surface area contributed by atoms with E-state index in [2.05, 4.69) is 37.3 Å². The van der Waals surface area contributed by atoms with Crippen molar-refractivity contribution in [2.24, 2.45) is 0 Å². The summed E-state index contributed by atoms with van der Waals surface area (Å²) in [6.07, 6.45) is 5.85. The molecule has 1 saturated carbocycles. The highest BCUT2D eigenvalue weighted by Crippen LogP contribution is 2.37. The van der Waals surface area contributed by atoms with Crippen LogP contribution >= 0.6 is 11.8 Å². The predicted octanol–water partition coefficient (Wildman–Crippen LogP) is 3.64. The van der Waals surface area contributed by atoms with Crippen molar-refractivity contribution in [2.75, 3.05) is 6.61 Å². The van der Waals surface area contributed by atoms with Gasteiger partial charge in [0.05, 0.1) is 6.61 Å².